The van der Waals surface area contributed by atoms with E-state index in [4.69, 9.17) is 4.74 Å². The zero-order valence-electron chi connectivity index (χ0n) is 16.0. The van der Waals surface area contributed by atoms with E-state index < -0.39 is 0 Å². The molecule has 3 nitrogen and oxygen atoms in total. The lowest BCUT2D eigenvalue weighted by Gasteiger charge is -2.57. The van der Waals surface area contributed by atoms with Crippen molar-refractivity contribution in [3.8, 4) is 0 Å². The molecule has 0 saturated heterocycles. The quantitative estimate of drug-likeness (QED) is 0.673. The lowest BCUT2D eigenvalue weighted by molar-refractivity contribution is -0.159. The highest BCUT2D eigenvalue weighted by molar-refractivity contribution is 5.91. The van der Waals surface area contributed by atoms with Gasteiger partial charge in [0.1, 0.15) is 6.10 Å². The number of ketones is 1. The van der Waals surface area contributed by atoms with Crippen molar-refractivity contribution in [3.05, 3.63) is 11.6 Å². The Labute approximate surface area is 151 Å². The zero-order valence-corrected chi connectivity index (χ0v) is 16.0. The lowest BCUT2D eigenvalue weighted by Crippen LogP contribution is -2.51. The van der Waals surface area contributed by atoms with Gasteiger partial charge in [-0.1, -0.05) is 26.3 Å². The molecule has 4 rings (SSSR count). The van der Waals surface area contributed by atoms with Crippen molar-refractivity contribution in [2.75, 3.05) is 0 Å². The normalized spacial score (nSPS) is 45.9. The molecule has 0 radical (unpaired) electrons. The van der Waals surface area contributed by atoms with E-state index in [1.165, 1.54) is 24.8 Å². The van der Waals surface area contributed by atoms with Gasteiger partial charge in [0, 0.05) is 18.3 Å². The Morgan fingerprint density at radius 1 is 1.12 bits per heavy atom. The fraction of sp³-hybridized carbons (Fsp3) is 0.818. The Morgan fingerprint density at radius 3 is 2.68 bits per heavy atom. The van der Waals surface area contributed by atoms with Crippen LogP contribution in [0.25, 0.3) is 0 Å². The number of carbonyl (C=O) groups excluding carboxylic acids is 2. The van der Waals surface area contributed by atoms with Gasteiger partial charge in [-0.25, -0.2) is 0 Å². The van der Waals surface area contributed by atoms with Crippen molar-refractivity contribution in [1.82, 2.24) is 0 Å². The average molecular weight is 344 g/mol. The van der Waals surface area contributed by atoms with Crippen LogP contribution in [0.1, 0.15) is 78.6 Å². The molecule has 0 spiro atoms. The Balaban J connectivity index is 1.59. The van der Waals surface area contributed by atoms with Crippen molar-refractivity contribution >= 4 is 11.8 Å². The second-order valence-corrected chi connectivity index (χ2v) is 9.42. The molecule has 0 aromatic heterocycles. The molecule has 0 N–H and O–H groups in total. The number of carbonyl (C=O) groups is 2. The Kier molecular flexibility index (Phi) is 4.12. The number of ether oxygens (including phenoxy) is 1. The molecule has 3 heteroatoms. The molecule has 138 valence electrons. The number of hydrogen-bond donors (Lipinski definition) is 0. The van der Waals surface area contributed by atoms with Crippen LogP contribution in [-0.4, -0.2) is 17.9 Å². The average Bonchev–Trinajstić information content (AvgIpc) is 2.92. The fourth-order valence-electron chi connectivity index (χ4n) is 6.95. The summed E-state index contributed by atoms with van der Waals surface area (Å²) in [4.78, 5) is 23.8. The molecule has 0 bridgehead atoms. The van der Waals surface area contributed by atoms with Gasteiger partial charge in [-0.3, -0.25) is 9.59 Å². The third-order valence-corrected chi connectivity index (χ3v) is 8.44. The number of allylic oxidation sites excluding steroid dienone is 1. The van der Waals surface area contributed by atoms with Crippen molar-refractivity contribution < 1.29 is 14.3 Å². The number of hydrogen-bond acceptors (Lipinski definition) is 3. The minimum Gasteiger partial charge on any atom is -0.462 e. The summed E-state index contributed by atoms with van der Waals surface area (Å²) in [6, 6.07) is 0. The zero-order chi connectivity index (χ0) is 17.8. The summed E-state index contributed by atoms with van der Waals surface area (Å²) in [5, 5.41) is 0. The predicted molar refractivity (Wildman–Crippen MR) is 96.9 cm³/mol. The topological polar surface area (TPSA) is 43.4 Å². The van der Waals surface area contributed by atoms with Crippen LogP contribution < -0.4 is 0 Å². The van der Waals surface area contributed by atoms with E-state index >= 15 is 0 Å². The van der Waals surface area contributed by atoms with Crippen molar-refractivity contribution in [2.24, 2.45) is 28.6 Å². The number of esters is 1. The van der Waals surface area contributed by atoms with Crippen LogP contribution in [0.3, 0.4) is 0 Å². The Morgan fingerprint density at radius 2 is 1.92 bits per heavy atom. The molecule has 6 atom stereocenters. The summed E-state index contributed by atoms with van der Waals surface area (Å²) >= 11 is 0. The van der Waals surface area contributed by atoms with E-state index in [2.05, 4.69) is 13.8 Å². The summed E-state index contributed by atoms with van der Waals surface area (Å²) in [5.41, 5.74) is 1.82. The SMILES string of the molecule is CCC(=O)OC1CC[C@H]2[C@@H]3CCC4=CC(=O)CC[C@]4(C)C3CCC12C. The largest absolute Gasteiger partial charge is 0.462 e. The Bertz CT molecular complexity index is 621. The summed E-state index contributed by atoms with van der Waals surface area (Å²) in [6.07, 6.45) is 11.3. The monoisotopic (exact) mass is 344 g/mol. The molecule has 4 aliphatic carbocycles. The van der Waals surface area contributed by atoms with Gasteiger partial charge in [0.05, 0.1) is 0 Å². The maximum Gasteiger partial charge on any atom is 0.305 e. The van der Waals surface area contributed by atoms with Gasteiger partial charge in [-0.15, -0.1) is 0 Å². The van der Waals surface area contributed by atoms with E-state index in [0.717, 1.165) is 38.0 Å². The van der Waals surface area contributed by atoms with E-state index in [1.807, 2.05) is 13.0 Å². The minimum atomic E-state index is -0.0411. The van der Waals surface area contributed by atoms with Crippen LogP contribution in [0, 0.1) is 28.6 Å². The molecule has 0 heterocycles. The highest BCUT2D eigenvalue weighted by atomic mass is 16.5. The molecule has 25 heavy (non-hydrogen) atoms. The maximum absolute atomic E-state index is 11.9. The second kappa shape index (κ2) is 5.96. The molecule has 0 aliphatic heterocycles. The minimum absolute atomic E-state index is 0.0411. The van der Waals surface area contributed by atoms with E-state index in [0.29, 0.717) is 24.0 Å². The lowest BCUT2D eigenvalue weighted by atomic mass is 9.47. The van der Waals surface area contributed by atoms with E-state index in [-0.39, 0.29) is 22.9 Å². The fourth-order valence-corrected chi connectivity index (χ4v) is 6.95. The second-order valence-electron chi connectivity index (χ2n) is 9.42. The smallest absolute Gasteiger partial charge is 0.305 e. The van der Waals surface area contributed by atoms with Crippen LogP contribution in [0.4, 0.5) is 0 Å². The van der Waals surface area contributed by atoms with Crippen LogP contribution in [0.2, 0.25) is 0 Å². The van der Waals surface area contributed by atoms with Gasteiger partial charge in [-0.05, 0) is 74.2 Å². The molecular weight excluding hydrogens is 312 g/mol. The van der Waals surface area contributed by atoms with Crippen molar-refractivity contribution in [1.29, 1.82) is 0 Å². The van der Waals surface area contributed by atoms with Crippen molar-refractivity contribution in [2.45, 2.75) is 84.7 Å². The summed E-state index contributed by atoms with van der Waals surface area (Å²) < 4.78 is 5.86. The summed E-state index contributed by atoms with van der Waals surface area (Å²) in [5.74, 6) is 2.41. The van der Waals surface area contributed by atoms with Gasteiger partial charge in [0.15, 0.2) is 5.78 Å². The number of fused-ring (bicyclic) bond motifs is 5. The molecule has 4 aliphatic rings. The summed E-state index contributed by atoms with van der Waals surface area (Å²) in [6.45, 7) is 6.69. The molecule has 0 aromatic rings. The molecular formula is C22H32O3. The highest BCUT2D eigenvalue weighted by Gasteiger charge is 2.59. The van der Waals surface area contributed by atoms with Gasteiger partial charge in [0.2, 0.25) is 0 Å². The van der Waals surface area contributed by atoms with Gasteiger partial charge in [0.25, 0.3) is 0 Å². The van der Waals surface area contributed by atoms with Crippen LogP contribution in [-0.2, 0) is 14.3 Å². The first kappa shape index (κ1) is 17.3. The first-order valence-electron chi connectivity index (χ1n) is 10.3. The first-order chi connectivity index (χ1) is 11.9. The third kappa shape index (κ3) is 2.52. The molecule has 3 saturated carbocycles. The van der Waals surface area contributed by atoms with Gasteiger partial charge < -0.3 is 4.74 Å². The van der Waals surface area contributed by atoms with Gasteiger partial charge in [-0.2, -0.15) is 0 Å². The highest BCUT2D eigenvalue weighted by Crippen LogP contribution is 2.65. The van der Waals surface area contributed by atoms with E-state index in [9.17, 15) is 9.59 Å². The van der Waals surface area contributed by atoms with Crippen molar-refractivity contribution in [3.63, 3.8) is 0 Å². The molecule has 3 unspecified atom stereocenters. The molecule has 0 amide bonds. The predicted octanol–water partition coefficient (Wildman–Crippen LogP) is 4.84. The summed E-state index contributed by atoms with van der Waals surface area (Å²) in [7, 11) is 0. The third-order valence-electron chi connectivity index (χ3n) is 8.44. The van der Waals surface area contributed by atoms with Crippen LogP contribution in [0.15, 0.2) is 11.6 Å². The molecule has 3 fully saturated rings. The molecule has 0 aromatic carbocycles. The van der Waals surface area contributed by atoms with Crippen LogP contribution in [0.5, 0.6) is 0 Å². The maximum atomic E-state index is 11.9. The standard InChI is InChI=1S/C22H32O3/c1-4-20(24)25-19-8-7-17-16-6-5-14-13-15(23)9-11-21(14,2)18(16)10-12-22(17,19)3/h13,16-19H,4-12H2,1-3H3/t16-,17-,18?,19?,21-,22?/m0/s1. The van der Waals surface area contributed by atoms with Gasteiger partial charge >= 0.3 is 5.97 Å². The van der Waals surface area contributed by atoms with E-state index in [1.54, 1.807) is 0 Å². The van der Waals surface area contributed by atoms with Crippen LogP contribution >= 0.6 is 0 Å². The number of rotatable bonds is 2. The Hall–Kier alpha value is -1.12. The first-order valence-corrected chi connectivity index (χ1v) is 10.3.